The summed E-state index contributed by atoms with van der Waals surface area (Å²) in [5.41, 5.74) is 2.59. The van der Waals surface area contributed by atoms with E-state index in [1.165, 1.54) is 0 Å². The highest BCUT2D eigenvalue weighted by atomic mass is 32.2. The lowest BCUT2D eigenvalue weighted by Crippen LogP contribution is -2.26. The average molecular weight is 271 g/mol. The maximum Gasteiger partial charge on any atom is 0.241 e. The zero-order chi connectivity index (χ0) is 13.8. The van der Waals surface area contributed by atoms with Gasteiger partial charge < -0.3 is 5.11 Å². The number of nitrogens with one attached hydrogen (secondary N) is 1. The molecule has 0 saturated carbocycles. The molecule has 0 bridgehead atoms. The zero-order valence-corrected chi connectivity index (χ0v) is 12.0. The molecule has 0 unspecified atom stereocenters. The predicted molar refractivity (Wildman–Crippen MR) is 72.2 cm³/mol. The van der Waals surface area contributed by atoms with Crippen molar-refractivity contribution in [3.8, 4) is 0 Å². The van der Waals surface area contributed by atoms with Gasteiger partial charge in [0.15, 0.2) is 0 Å². The van der Waals surface area contributed by atoms with Crippen molar-refractivity contribution in [3.05, 3.63) is 28.8 Å². The van der Waals surface area contributed by atoms with Crippen LogP contribution in [0.5, 0.6) is 0 Å². The fraction of sp³-hybridized carbons (Fsp3) is 0.538. The van der Waals surface area contributed by atoms with Gasteiger partial charge in [0.2, 0.25) is 10.0 Å². The van der Waals surface area contributed by atoms with Gasteiger partial charge in [0.25, 0.3) is 0 Å². The number of unbranched alkanes of at least 4 members (excludes halogenated alkanes) is 1. The van der Waals surface area contributed by atoms with Crippen LogP contribution < -0.4 is 4.72 Å². The van der Waals surface area contributed by atoms with Crippen molar-refractivity contribution in [2.75, 3.05) is 13.2 Å². The van der Waals surface area contributed by atoms with Crippen LogP contribution in [0.4, 0.5) is 0 Å². The van der Waals surface area contributed by atoms with Crippen LogP contribution in [0.15, 0.2) is 17.0 Å². The van der Waals surface area contributed by atoms with E-state index in [2.05, 4.69) is 4.72 Å². The van der Waals surface area contributed by atoms with Crippen molar-refractivity contribution >= 4 is 10.0 Å². The largest absolute Gasteiger partial charge is 0.396 e. The molecule has 0 saturated heterocycles. The Labute approximate surface area is 109 Å². The highest BCUT2D eigenvalue weighted by molar-refractivity contribution is 7.89. The highest BCUT2D eigenvalue weighted by Gasteiger charge is 2.18. The summed E-state index contributed by atoms with van der Waals surface area (Å²) in [7, 11) is -3.45. The summed E-state index contributed by atoms with van der Waals surface area (Å²) in [4.78, 5) is 0.372. The van der Waals surface area contributed by atoms with Crippen molar-refractivity contribution < 1.29 is 13.5 Å². The van der Waals surface area contributed by atoms with Crippen LogP contribution in [0.2, 0.25) is 0 Å². The van der Waals surface area contributed by atoms with Crippen LogP contribution in [0.25, 0.3) is 0 Å². The number of hydrogen-bond donors (Lipinski definition) is 2. The quantitative estimate of drug-likeness (QED) is 0.773. The zero-order valence-electron chi connectivity index (χ0n) is 11.2. The van der Waals surface area contributed by atoms with Gasteiger partial charge in [-0.25, -0.2) is 13.1 Å². The molecule has 0 heterocycles. The van der Waals surface area contributed by atoms with Crippen LogP contribution in [0.3, 0.4) is 0 Å². The van der Waals surface area contributed by atoms with E-state index < -0.39 is 10.0 Å². The second kappa shape index (κ2) is 6.31. The van der Waals surface area contributed by atoms with E-state index in [-0.39, 0.29) is 6.61 Å². The Bertz CT molecular complexity index is 486. The van der Waals surface area contributed by atoms with Gasteiger partial charge in [-0.2, -0.15) is 0 Å². The van der Waals surface area contributed by atoms with E-state index >= 15 is 0 Å². The minimum absolute atomic E-state index is 0.0876. The molecular weight excluding hydrogens is 250 g/mol. The molecule has 102 valence electrons. The van der Waals surface area contributed by atoms with Gasteiger partial charge in [0, 0.05) is 13.2 Å². The molecule has 1 aromatic carbocycles. The van der Waals surface area contributed by atoms with Gasteiger partial charge in [0.05, 0.1) is 4.90 Å². The van der Waals surface area contributed by atoms with Gasteiger partial charge in [0.1, 0.15) is 0 Å². The number of hydrogen-bond acceptors (Lipinski definition) is 3. The first-order valence-electron chi connectivity index (χ1n) is 6.07. The molecule has 18 heavy (non-hydrogen) atoms. The molecule has 0 aromatic heterocycles. The number of rotatable bonds is 6. The summed E-state index contributed by atoms with van der Waals surface area (Å²) in [5, 5.41) is 8.65. The highest BCUT2D eigenvalue weighted by Crippen LogP contribution is 2.21. The summed E-state index contributed by atoms with van der Waals surface area (Å²) in [6.07, 6.45) is 1.24. The Morgan fingerprint density at radius 2 is 1.67 bits per heavy atom. The van der Waals surface area contributed by atoms with E-state index in [9.17, 15) is 8.42 Å². The van der Waals surface area contributed by atoms with Gasteiger partial charge in [-0.05, 0) is 44.7 Å². The Morgan fingerprint density at radius 1 is 1.11 bits per heavy atom. The van der Waals surface area contributed by atoms with E-state index in [1.807, 2.05) is 32.9 Å². The van der Waals surface area contributed by atoms with Gasteiger partial charge >= 0.3 is 0 Å². The molecule has 0 aliphatic rings. The lowest BCUT2D eigenvalue weighted by atomic mass is 10.1. The molecular formula is C13H21NO3S. The summed E-state index contributed by atoms with van der Waals surface area (Å²) >= 11 is 0. The number of aliphatic hydroxyl groups is 1. The Hall–Kier alpha value is -0.910. The Morgan fingerprint density at radius 3 is 2.17 bits per heavy atom. The second-order valence-corrected chi connectivity index (χ2v) is 6.26. The van der Waals surface area contributed by atoms with Crippen molar-refractivity contribution in [1.82, 2.24) is 4.72 Å². The lowest BCUT2D eigenvalue weighted by Gasteiger charge is -2.12. The van der Waals surface area contributed by atoms with Gasteiger partial charge in [-0.15, -0.1) is 0 Å². The van der Waals surface area contributed by atoms with Crippen LogP contribution in [0.1, 0.15) is 29.5 Å². The van der Waals surface area contributed by atoms with Gasteiger partial charge in [-0.3, -0.25) is 0 Å². The first kappa shape index (κ1) is 15.1. The van der Waals surface area contributed by atoms with E-state index in [4.69, 9.17) is 5.11 Å². The van der Waals surface area contributed by atoms with Crippen molar-refractivity contribution in [3.63, 3.8) is 0 Å². The van der Waals surface area contributed by atoms with Crippen molar-refractivity contribution in [1.29, 1.82) is 0 Å². The third-order valence-corrected chi connectivity index (χ3v) is 4.52. The monoisotopic (exact) mass is 271 g/mol. The fourth-order valence-corrected chi connectivity index (χ4v) is 3.63. The van der Waals surface area contributed by atoms with Crippen molar-refractivity contribution in [2.45, 2.75) is 38.5 Å². The van der Waals surface area contributed by atoms with Crippen molar-refractivity contribution in [2.24, 2.45) is 0 Å². The number of sulfonamides is 1. The molecule has 1 rings (SSSR count). The lowest BCUT2D eigenvalue weighted by molar-refractivity contribution is 0.285. The fourth-order valence-electron chi connectivity index (χ4n) is 2.11. The molecule has 0 atom stereocenters. The van der Waals surface area contributed by atoms with Crippen LogP contribution >= 0.6 is 0 Å². The number of benzene rings is 1. The smallest absolute Gasteiger partial charge is 0.241 e. The Balaban J connectivity index is 2.92. The predicted octanol–water partition coefficient (Wildman–Crippen LogP) is 1.66. The molecule has 5 heteroatoms. The summed E-state index contributed by atoms with van der Waals surface area (Å²) in [6, 6.07) is 3.74. The molecule has 0 aliphatic carbocycles. The first-order chi connectivity index (χ1) is 8.38. The van der Waals surface area contributed by atoms with Crippen LogP contribution in [-0.4, -0.2) is 26.7 Å². The van der Waals surface area contributed by atoms with E-state index in [0.717, 1.165) is 16.7 Å². The topological polar surface area (TPSA) is 66.4 Å². The van der Waals surface area contributed by atoms with Gasteiger partial charge in [-0.1, -0.05) is 17.7 Å². The molecule has 0 amide bonds. The summed E-state index contributed by atoms with van der Waals surface area (Å²) < 4.78 is 26.9. The van der Waals surface area contributed by atoms with Crippen LogP contribution in [-0.2, 0) is 10.0 Å². The molecule has 2 N–H and O–H groups in total. The molecule has 1 aromatic rings. The molecule has 0 fully saturated rings. The van der Waals surface area contributed by atoms with Crippen LogP contribution in [0, 0.1) is 20.8 Å². The molecule has 0 spiro atoms. The second-order valence-electron chi connectivity index (χ2n) is 4.56. The number of aryl methyl sites for hydroxylation is 3. The SMILES string of the molecule is Cc1cc(C)c(S(=O)(=O)NCCCCO)c(C)c1. The number of aliphatic hydroxyl groups excluding tert-OH is 1. The summed E-state index contributed by atoms with van der Waals surface area (Å²) in [6.45, 7) is 6.01. The normalized spacial score (nSPS) is 11.8. The minimum atomic E-state index is -3.45. The average Bonchev–Trinajstić information content (AvgIpc) is 2.22. The third-order valence-electron chi connectivity index (χ3n) is 2.75. The Kier molecular flexibility index (Phi) is 5.31. The minimum Gasteiger partial charge on any atom is -0.396 e. The standard InChI is InChI=1S/C13H21NO3S/c1-10-8-11(2)13(12(3)9-10)18(16,17)14-6-4-5-7-15/h8-9,14-15H,4-7H2,1-3H3. The summed E-state index contributed by atoms with van der Waals surface area (Å²) in [5.74, 6) is 0. The third kappa shape index (κ3) is 3.80. The maximum absolute atomic E-state index is 12.2. The molecule has 4 nitrogen and oxygen atoms in total. The molecule has 0 radical (unpaired) electrons. The maximum atomic E-state index is 12.2. The molecule has 0 aliphatic heterocycles. The van der Waals surface area contributed by atoms with E-state index in [0.29, 0.717) is 24.3 Å². The first-order valence-corrected chi connectivity index (χ1v) is 7.55. The van der Waals surface area contributed by atoms with E-state index in [1.54, 1.807) is 0 Å².